The fourth-order valence-corrected chi connectivity index (χ4v) is 1.61. The molecular formula is C14H16O. The molecular weight excluding hydrogens is 184 g/mol. The van der Waals surface area contributed by atoms with Gasteiger partial charge >= 0.3 is 0 Å². The lowest BCUT2D eigenvalue weighted by molar-refractivity contribution is 0.522. The zero-order chi connectivity index (χ0) is 11.0. The molecule has 0 amide bonds. The minimum atomic E-state index is 0.436. The predicted molar refractivity (Wildman–Crippen MR) is 65.0 cm³/mol. The highest BCUT2D eigenvalue weighted by Crippen LogP contribution is 2.27. The molecule has 0 aliphatic rings. The number of benzene rings is 1. The van der Waals surface area contributed by atoms with Crippen molar-refractivity contribution in [2.45, 2.75) is 26.7 Å². The van der Waals surface area contributed by atoms with Gasteiger partial charge in [0.25, 0.3) is 0 Å². The van der Waals surface area contributed by atoms with Crippen molar-refractivity contribution in [3.05, 3.63) is 42.2 Å². The molecule has 0 spiro atoms. The topological polar surface area (TPSA) is 13.1 Å². The zero-order valence-electron chi connectivity index (χ0n) is 9.50. The number of allylic oxidation sites excluding steroid dienone is 1. The van der Waals surface area contributed by atoms with Crippen LogP contribution in [-0.2, 0) is 0 Å². The second-order valence-corrected chi connectivity index (χ2v) is 4.34. The molecule has 0 fully saturated rings. The summed E-state index contributed by atoms with van der Waals surface area (Å²) < 4.78 is 5.73. The van der Waals surface area contributed by atoms with Gasteiger partial charge in [-0.3, -0.25) is 0 Å². The Morgan fingerprint density at radius 1 is 1.27 bits per heavy atom. The van der Waals surface area contributed by atoms with E-state index in [-0.39, 0.29) is 0 Å². The van der Waals surface area contributed by atoms with Gasteiger partial charge in [0.2, 0.25) is 0 Å². The van der Waals surface area contributed by atoms with Crippen LogP contribution in [0.15, 0.2) is 35.3 Å². The summed E-state index contributed by atoms with van der Waals surface area (Å²) in [5, 5.41) is 1.17. The standard InChI is InChI=1S/C14H16O/c1-9(2)11-5-6-13-12(7-11)8-14(15-13)10(3)4/h5-8,10H,1H2,2-4H3. The molecule has 0 radical (unpaired) electrons. The van der Waals surface area contributed by atoms with Crippen LogP contribution in [0.25, 0.3) is 16.5 Å². The first-order valence-electron chi connectivity index (χ1n) is 5.27. The second kappa shape index (κ2) is 3.58. The summed E-state index contributed by atoms with van der Waals surface area (Å²) in [4.78, 5) is 0. The highest BCUT2D eigenvalue weighted by atomic mass is 16.3. The maximum atomic E-state index is 5.73. The SMILES string of the molecule is C=C(C)c1ccc2oc(C(C)C)cc2c1. The lowest BCUT2D eigenvalue weighted by Crippen LogP contribution is -1.79. The largest absolute Gasteiger partial charge is 0.461 e. The third kappa shape index (κ3) is 1.82. The molecule has 0 N–H and O–H groups in total. The third-order valence-corrected chi connectivity index (χ3v) is 2.60. The maximum absolute atomic E-state index is 5.73. The Labute approximate surface area is 90.4 Å². The van der Waals surface area contributed by atoms with Gasteiger partial charge in [-0.15, -0.1) is 0 Å². The van der Waals surface area contributed by atoms with Crippen LogP contribution in [0, 0.1) is 0 Å². The molecule has 1 heterocycles. The van der Waals surface area contributed by atoms with E-state index in [1.54, 1.807) is 0 Å². The first-order valence-corrected chi connectivity index (χ1v) is 5.27. The van der Waals surface area contributed by atoms with Crippen molar-refractivity contribution in [3.8, 4) is 0 Å². The van der Waals surface area contributed by atoms with Gasteiger partial charge in [0, 0.05) is 11.3 Å². The second-order valence-electron chi connectivity index (χ2n) is 4.34. The summed E-state index contributed by atoms with van der Waals surface area (Å²) in [6, 6.07) is 8.32. The summed E-state index contributed by atoms with van der Waals surface area (Å²) in [5.74, 6) is 1.48. The van der Waals surface area contributed by atoms with Gasteiger partial charge in [-0.25, -0.2) is 0 Å². The number of furan rings is 1. The summed E-state index contributed by atoms with van der Waals surface area (Å²) in [6.45, 7) is 10.2. The van der Waals surface area contributed by atoms with Crippen LogP contribution in [0.3, 0.4) is 0 Å². The van der Waals surface area contributed by atoms with Crippen LogP contribution in [0.4, 0.5) is 0 Å². The minimum Gasteiger partial charge on any atom is -0.461 e. The summed E-state index contributed by atoms with van der Waals surface area (Å²) in [6.07, 6.45) is 0. The molecule has 0 saturated heterocycles. The Morgan fingerprint density at radius 2 is 2.00 bits per heavy atom. The molecule has 0 bridgehead atoms. The van der Waals surface area contributed by atoms with E-state index in [2.05, 4.69) is 38.6 Å². The van der Waals surface area contributed by atoms with Crippen molar-refractivity contribution < 1.29 is 4.42 Å². The van der Waals surface area contributed by atoms with Gasteiger partial charge in [0.05, 0.1) is 0 Å². The van der Waals surface area contributed by atoms with Gasteiger partial charge in [-0.1, -0.05) is 32.1 Å². The Balaban J connectivity index is 2.57. The molecule has 0 unspecified atom stereocenters. The van der Waals surface area contributed by atoms with Crippen molar-refractivity contribution in [3.63, 3.8) is 0 Å². The van der Waals surface area contributed by atoms with Crippen LogP contribution in [-0.4, -0.2) is 0 Å². The van der Waals surface area contributed by atoms with Crippen molar-refractivity contribution in [1.29, 1.82) is 0 Å². The van der Waals surface area contributed by atoms with E-state index in [0.717, 1.165) is 16.9 Å². The Hall–Kier alpha value is -1.50. The van der Waals surface area contributed by atoms with Crippen LogP contribution in [0.2, 0.25) is 0 Å². The fourth-order valence-electron chi connectivity index (χ4n) is 1.61. The normalized spacial score (nSPS) is 11.2. The van der Waals surface area contributed by atoms with Gasteiger partial charge in [-0.2, -0.15) is 0 Å². The molecule has 0 aliphatic heterocycles. The number of fused-ring (bicyclic) bond motifs is 1. The van der Waals surface area contributed by atoms with Crippen LogP contribution in [0.5, 0.6) is 0 Å². The number of rotatable bonds is 2. The average Bonchev–Trinajstić information content (AvgIpc) is 2.59. The number of hydrogen-bond donors (Lipinski definition) is 0. The Kier molecular flexibility index (Phi) is 2.39. The monoisotopic (exact) mass is 200 g/mol. The fraction of sp³-hybridized carbons (Fsp3) is 0.286. The van der Waals surface area contributed by atoms with Crippen LogP contribution in [0.1, 0.15) is 38.0 Å². The molecule has 1 heteroatoms. The highest BCUT2D eigenvalue weighted by Gasteiger charge is 2.07. The predicted octanol–water partition coefficient (Wildman–Crippen LogP) is 4.59. The molecule has 2 aromatic rings. The van der Waals surface area contributed by atoms with E-state index in [9.17, 15) is 0 Å². The highest BCUT2D eigenvalue weighted by molar-refractivity contribution is 5.82. The van der Waals surface area contributed by atoms with E-state index >= 15 is 0 Å². The smallest absolute Gasteiger partial charge is 0.134 e. The third-order valence-electron chi connectivity index (χ3n) is 2.60. The van der Waals surface area contributed by atoms with Gasteiger partial charge in [-0.05, 0) is 30.7 Å². The van der Waals surface area contributed by atoms with Crippen LogP contribution >= 0.6 is 0 Å². The Bertz CT molecular complexity index is 503. The summed E-state index contributed by atoms with van der Waals surface area (Å²) >= 11 is 0. The molecule has 78 valence electrons. The van der Waals surface area contributed by atoms with Crippen molar-refractivity contribution in [2.75, 3.05) is 0 Å². The van der Waals surface area contributed by atoms with E-state index < -0.39 is 0 Å². The molecule has 2 rings (SSSR count). The van der Waals surface area contributed by atoms with E-state index in [1.807, 2.05) is 13.0 Å². The zero-order valence-corrected chi connectivity index (χ0v) is 9.50. The quantitative estimate of drug-likeness (QED) is 0.691. The first-order chi connectivity index (χ1) is 7.08. The lowest BCUT2D eigenvalue weighted by atomic mass is 10.1. The minimum absolute atomic E-state index is 0.436. The molecule has 1 aromatic carbocycles. The van der Waals surface area contributed by atoms with Gasteiger partial charge in [0.15, 0.2) is 0 Å². The molecule has 1 aromatic heterocycles. The lowest BCUT2D eigenvalue weighted by Gasteiger charge is -1.97. The summed E-state index contributed by atoms with van der Waals surface area (Å²) in [5.41, 5.74) is 3.23. The van der Waals surface area contributed by atoms with E-state index in [4.69, 9.17) is 4.42 Å². The van der Waals surface area contributed by atoms with Crippen LogP contribution < -0.4 is 0 Å². The molecule has 0 saturated carbocycles. The average molecular weight is 200 g/mol. The van der Waals surface area contributed by atoms with Gasteiger partial charge < -0.3 is 4.42 Å². The van der Waals surface area contributed by atoms with Crippen molar-refractivity contribution in [2.24, 2.45) is 0 Å². The molecule has 0 aliphatic carbocycles. The Morgan fingerprint density at radius 3 is 2.60 bits per heavy atom. The summed E-state index contributed by atoms with van der Waals surface area (Å²) in [7, 11) is 0. The van der Waals surface area contributed by atoms with Gasteiger partial charge in [0.1, 0.15) is 11.3 Å². The van der Waals surface area contributed by atoms with Crippen molar-refractivity contribution >= 4 is 16.5 Å². The maximum Gasteiger partial charge on any atom is 0.134 e. The van der Waals surface area contributed by atoms with Crippen molar-refractivity contribution in [1.82, 2.24) is 0 Å². The van der Waals surface area contributed by atoms with E-state index in [0.29, 0.717) is 5.92 Å². The molecule has 1 nitrogen and oxygen atoms in total. The number of hydrogen-bond acceptors (Lipinski definition) is 1. The molecule has 0 atom stereocenters. The molecule has 15 heavy (non-hydrogen) atoms. The first kappa shape index (κ1) is 10.0. The van der Waals surface area contributed by atoms with E-state index in [1.165, 1.54) is 10.9 Å².